The molecule has 34 heavy (non-hydrogen) atoms. The lowest BCUT2D eigenvalue weighted by atomic mass is 9.90. The average molecular weight is 463 g/mol. The second-order valence-electron chi connectivity index (χ2n) is 9.76. The van der Waals surface area contributed by atoms with Crippen molar-refractivity contribution in [3.8, 4) is 5.69 Å². The van der Waals surface area contributed by atoms with Crippen molar-refractivity contribution in [2.24, 2.45) is 11.8 Å². The zero-order valence-electron chi connectivity index (χ0n) is 20.2. The second kappa shape index (κ2) is 11.4. The molecular weight excluding hydrogens is 427 g/mol. The topological polar surface area (TPSA) is 50.2 Å². The molecule has 1 aliphatic heterocycles. The minimum Gasteiger partial charge on any atom is -0.343 e. The minimum atomic E-state index is -0.108. The van der Waals surface area contributed by atoms with E-state index in [2.05, 4.69) is 30.1 Å². The van der Waals surface area contributed by atoms with E-state index in [1.54, 1.807) is 6.07 Å². The highest BCUT2D eigenvalue weighted by Gasteiger charge is 2.21. The number of nitrogens with zero attached hydrogens (tertiary/aromatic N) is 3. The first kappa shape index (κ1) is 24.1. The Bertz CT molecular complexity index is 1070. The molecule has 0 radical (unpaired) electrons. The molecule has 1 amide bonds. The molecule has 3 aromatic rings. The SMILES string of the molecule is CC(C)Cc1cc(CC(=O)NCN2CCC(Cc3ccccc3F)CC2)nn1-c1ccccc1. The van der Waals surface area contributed by atoms with Gasteiger partial charge in [-0.2, -0.15) is 5.10 Å². The molecule has 1 aromatic heterocycles. The van der Waals surface area contributed by atoms with Gasteiger partial charge in [-0.15, -0.1) is 0 Å². The highest BCUT2D eigenvalue weighted by molar-refractivity contribution is 5.78. The van der Waals surface area contributed by atoms with E-state index < -0.39 is 0 Å². The first-order valence-electron chi connectivity index (χ1n) is 12.3. The molecule has 0 spiro atoms. The summed E-state index contributed by atoms with van der Waals surface area (Å²) in [5.41, 5.74) is 3.74. The van der Waals surface area contributed by atoms with Gasteiger partial charge >= 0.3 is 0 Å². The van der Waals surface area contributed by atoms with Crippen LogP contribution in [-0.4, -0.2) is 40.3 Å². The lowest BCUT2D eigenvalue weighted by molar-refractivity contribution is -0.121. The van der Waals surface area contributed by atoms with E-state index in [1.165, 1.54) is 6.07 Å². The number of carbonyl (C=O) groups excluding carboxylic acids is 1. The molecule has 0 bridgehead atoms. The number of para-hydroxylation sites is 1. The van der Waals surface area contributed by atoms with Crippen LogP contribution in [0, 0.1) is 17.7 Å². The zero-order chi connectivity index (χ0) is 23.9. The van der Waals surface area contributed by atoms with E-state index in [-0.39, 0.29) is 18.1 Å². The monoisotopic (exact) mass is 462 g/mol. The summed E-state index contributed by atoms with van der Waals surface area (Å²) < 4.78 is 15.9. The molecule has 0 saturated carbocycles. The molecule has 5 nitrogen and oxygen atoms in total. The number of carbonyl (C=O) groups is 1. The molecule has 1 aliphatic rings. The van der Waals surface area contributed by atoms with Crippen molar-refractivity contribution >= 4 is 5.91 Å². The fourth-order valence-electron chi connectivity index (χ4n) is 4.67. The quantitative estimate of drug-likeness (QED) is 0.498. The van der Waals surface area contributed by atoms with Crippen molar-refractivity contribution in [1.29, 1.82) is 0 Å². The molecule has 1 saturated heterocycles. The standard InChI is InChI=1S/C28H35FN4O/c1-21(2)16-26-18-24(31-33(26)25-9-4-3-5-10-25)19-28(34)30-20-32-14-12-22(13-15-32)17-23-8-6-7-11-27(23)29/h3-11,18,21-22H,12-17,19-20H2,1-2H3,(H,30,34). The molecule has 2 aromatic carbocycles. The second-order valence-corrected chi connectivity index (χ2v) is 9.76. The Kier molecular flexibility index (Phi) is 8.12. The van der Waals surface area contributed by atoms with Gasteiger partial charge in [0.25, 0.3) is 0 Å². The molecule has 0 atom stereocenters. The van der Waals surface area contributed by atoms with Gasteiger partial charge < -0.3 is 5.32 Å². The number of aromatic nitrogens is 2. The largest absolute Gasteiger partial charge is 0.343 e. The van der Waals surface area contributed by atoms with Gasteiger partial charge in [0.1, 0.15) is 5.82 Å². The van der Waals surface area contributed by atoms with Crippen molar-refractivity contribution in [1.82, 2.24) is 20.0 Å². The van der Waals surface area contributed by atoms with Gasteiger partial charge in [0.15, 0.2) is 0 Å². The van der Waals surface area contributed by atoms with E-state index in [4.69, 9.17) is 5.10 Å². The Balaban J connectivity index is 1.27. The summed E-state index contributed by atoms with van der Waals surface area (Å²) in [5, 5.41) is 7.80. The maximum Gasteiger partial charge on any atom is 0.227 e. The Morgan fingerprint density at radius 3 is 2.50 bits per heavy atom. The number of hydrogen-bond donors (Lipinski definition) is 1. The van der Waals surface area contributed by atoms with Crippen LogP contribution in [0.1, 0.15) is 43.6 Å². The molecule has 6 heteroatoms. The summed E-state index contributed by atoms with van der Waals surface area (Å²) in [4.78, 5) is 14.9. The summed E-state index contributed by atoms with van der Waals surface area (Å²) >= 11 is 0. The third-order valence-electron chi connectivity index (χ3n) is 6.47. The normalized spacial score (nSPS) is 15.1. The summed E-state index contributed by atoms with van der Waals surface area (Å²) in [7, 11) is 0. The van der Waals surface area contributed by atoms with E-state index in [0.29, 0.717) is 18.5 Å². The number of likely N-dealkylation sites (tertiary alicyclic amines) is 1. The number of hydrogen-bond acceptors (Lipinski definition) is 3. The van der Waals surface area contributed by atoms with Crippen LogP contribution in [0.3, 0.4) is 0 Å². The summed E-state index contributed by atoms with van der Waals surface area (Å²) in [5.74, 6) is 0.873. The molecule has 1 fully saturated rings. The fourth-order valence-corrected chi connectivity index (χ4v) is 4.67. The zero-order valence-corrected chi connectivity index (χ0v) is 20.2. The van der Waals surface area contributed by atoms with Crippen LogP contribution >= 0.6 is 0 Å². The van der Waals surface area contributed by atoms with E-state index in [0.717, 1.165) is 61.4 Å². The molecule has 180 valence electrons. The van der Waals surface area contributed by atoms with Crippen LogP contribution in [0.4, 0.5) is 4.39 Å². The van der Waals surface area contributed by atoms with Crippen molar-refractivity contribution in [2.75, 3.05) is 19.8 Å². The smallest absolute Gasteiger partial charge is 0.227 e. The van der Waals surface area contributed by atoms with Gasteiger partial charge in [-0.1, -0.05) is 50.2 Å². The lowest BCUT2D eigenvalue weighted by Gasteiger charge is -2.32. The predicted octanol–water partition coefficient (Wildman–Crippen LogP) is 4.78. The Labute approximate surface area is 202 Å². The number of nitrogens with one attached hydrogen (secondary N) is 1. The van der Waals surface area contributed by atoms with Crippen molar-refractivity contribution in [3.05, 3.63) is 83.4 Å². The highest BCUT2D eigenvalue weighted by Crippen LogP contribution is 2.22. The van der Waals surface area contributed by atoms with Crippen molar-refractivity contribution < 1.29 is 9.18 Å². The molecule has 0 unspecified atom stereocenters. The lowest BCUT2D eigenvalue weighted by Crippen LogP contribution is -2.42. The Morgan fingerprint density at radius 1 is 1.09 bits per heavy atom. The maximum absolute atomic E-state index is 13.9. The van der Waals surface area contributed by atoms with Gasteiger partial charge in [0.2, 0.25) is 5.91 Å². The van der Waals surface area contributed by atoms with Gasteiger partial charge in [-0.3, -0.25) is 9.69 Å². The number of halogens is 1. The predicted molar refractivity (Wildman–Crippen MR) is 133 cm³/mol. The van der Waals surface area contributed by atoms with Crippen LogP contribution < -0.4 is 5.32 Å². The van der Waals surface area contributed by atoms with Crippen molar-refractivity contribution in [2.45, 2.75) is 46.0 Å². The fraction of sp³-hybridized carbons (Fsp3) is 0.429. The molecule has 4 rings (SSSR count). The van der Waals surface area contributed by atoms with Gasteiger partial charge in [-0.05, 0) is 67.3 Å². The van der Waals surface area contributed by atoms with Crippen LogP contribution in [0.25, 0.3) is 5.69 Å². The molecule has 1 N–H and O–H groups in total. The third kappa shape index (κ3) is 6.54. The van der Waals surface area contributed by atoms with Gasteiger partial charge in [-0.25, -0.2) is 9.07 Å². The average Bonchev–Trinajstić information content (AvgIpc) is 3.22. The minimum absolute atomic E-state index is 0.0118. The molecule has 2 heterocycles. The third-order valence-corrected chi connectivity index (χ3v) is 6.47. The molecular formula is C28H35FN4O. The van der Waals surface area contributed by atoms with Crippen molar-refractivity contribution in [3.63, 3.8) is 0 Å². The first-order chi connectivity index (χ1) is 16.5. The van der Waals surface area contributed by atoms with Crippen LogP contribution in [0.15, 0.2) is 60.7 Å². The van der Waals surface area contributed by atoms with E-state index >= 15 is 0 Å². The van der Waals surface area contributed by atoms with Gasteiger partial charge in [0, 0.05) is 18.8 Å². The Morgan fingerprint density at radius 2 is 1.79 bits per heavy atom. The van der Waals surface area contributed by atoms with E-state index in [9.17, 15) is 9.18 Å². The van der Waals surface area contributed by atoms with Crippen LogP contribution in [-0.2, 0) is 24.1 Å². The van der Waals surface area contributed by atoms with E-state index in [1.807, 2.05) is 47.1 Å². The summed E-state index contributed by atoms with van der Waals surface area (Å²) in [6, 6.07) is 19.2. The highest BCUT2D eigenvalue weighted by atomic mass is 19.1. The summed E-state index contributed by atoms with van der Waals surface area (Å²) in [6.45, 7) is 6.76. The number of piperidine rings is 1. The van der Waals surface area contributed by atoms with Crippen LogP contribution in [0.2, 0.25) is 0 Å². The Hall–Kier alpha value is -2.99. The first-order valence-corrected chi connectivity index (χ1v) is 12.3. The maximum atomic E-state index is 13.9. The number of rotatable bonds is 9. The number of amides is 1. The summed E-state index contributed by atoms with van der Waals surface area (Å²) in [6.07, 6.45) is 4.00. The number of benzene rings is 2. The van der Waals surface area contributed by atoms with Crippen LogP contribution in [0.5, 0.6) is 0 Å². The van der Waals surface area contributed by atoms with Gasteiger partial charge in [0.05, 0.1) is 24.5 Å². The molecule has 0 aliphatic carbocycles.